The maximum absolute atomic E-state index is 14.5. The van der Waals surface area contributed by atoms with Gasteiger partial charge in [-0.25, -0.2) is 0 Å². The number of anilines is 3. The minimum Gasteiger partial charge on any atom is -0.392 e. The fraction of sp³-hybridized carbons (Fsp3) is 0.316. The molecule has 6 nitrogen and oxygen atoms in total. The normalized spacial score (nSPS) is 18.1. The summed E-state index contributed by atoms with van der Waals surface area (Å²) in [7, 11) is 0. The van der Waals surface area contributed by atoms with Gasteiger partial charge < -0.3 is 20.6 Å². The first-order chi connectivity index (χ1) is 22.6. The van der Waals surface area contributed by atoms with Gasteiger partial charge in [-0.05, 0) is 90.8 Å². The van der Waals surface area contributed by atoms with Gasteiger partial charge in [-0.2, -0.15) is 13.2 Å². The number of aryl methyl sites for hydroxylation is 1. The van der Waals surface area contributed by atoms with E-state index in [0.29, 0.717) is 18.0 Å². The number of aliphatic hydroxyl groups is 1. The van der Waals surface area contributed by atoms with Crippen LogP contribution in [0.3, 0.4) is 0 Å². The monoisotopic (exact) mass is 641 g/mol. The fourth-order valence-electron chi connectivity index (χ4n) is 7.05. The number of fused-ring (bicyclic) bond motifs is 1. The molecule has 0 radical (unpaired) electrons. The molecule has 0 bridgehead atoms. The van der Waals surface area contributed by atoms with Crippen molar-refractivity contribution in [3.05, 3.63) is 124 Å². The lowest BCUT2D eigenvalue weighted by Gasteiger charge is -2.43. The van der Waals surface area contributed by atoms with E-state index in [4.69, 9.17) is 0 Å². The van der Waals surface area contributed by atoms with E-state index in [0.717, 1.165) is 47.0 Å². The van der Waals surface area contributed by atoms with Crippen LogP contribution in [-0.2, 0) is 24.0 Å². The number of nitrogens with one attached hydrogen (secondary N) is 2. The van der Waals surface area contributed by atoms with Gasteiger partial charge in [-0.3, -0.25) is 9.59 Å². The Balaban J connectivity index is 1.36. The van der Waals surface area contributed by atoms with E-state index in [-0.39, 0.29) is 29.5 Å². The van der Waals surface area contributed by atoms with Crippen LogP contribution in [0, 0.1) is 12.8 Å². The average Bonchev–Trinajstić information content (AvgIpc) is 3.57. The van der Waals surface area contributed by atoms with Crippen molar-refractivity contribution >= 4 is 28.9 Å². The fourth-order valence-corrected chi connectivity index (χ4v) is 7.05. The lowest BCUT2D eigenvalue weighted by atomic mass is 9.79. The highest BCUT2D eigenvalue weighted by molar-refractivity contribution is 6.08. The van der Waals surface area contributed by atoms with Crippen molar-refractivity contribution in [3.8, 4) is 0 Å². The smallest absolute Gasteiger partial charge is 0.392 e. The Morgan fingerprint density at radius 1 is 0.894 bits per heavy atom. The maximum Gasteiger partial charge on any atom is 0.416 e. The molecule has 2 atom stereocenters. The van der Waals surface area contributed by atoms with Crippen LogP contribution >= 0.6 is 0 Å². The van der Waals surface area contributed by atoms with Gasteiger partial charge >= 0.3 is 6.18 Å². The third-order valence-corrected chi connectivity index (χ3v) is 9.35. The summed E-state index contributed by atoms with van der Waals surface area (Å²) < 4.78 is 41.0. The predicted molar refractivity (Wildman–Crippen MR) is 177 cm³/mol. The number of para-hydroxylation sites is 1. The number of rotatable bonds is 8. The average molecular weight is 642 g/mol. The molecule has 1 saturated carbocycles. The molecule has 47 heavy (non-hydrogen) atoms. The molecule has 0 unspecified atom stereocenters. The van der Waals surface area contributed by atoms with Crippen LogP contribution in [0.1, 0.15) is 76.3 Å². The first kappa shape index (κ1) is 32.3. The standard InChI is InChI=1S/C38H38F3N3O3/c1-24-8-2-6-12-32(24)37(47)44-34-13-7-3-9-26(34)20-28(36(44)25-14-17-30(18-15-25)42-29-10-4-5-11-29)21-35(46)43-31-19-16-27(23-45)33(22-31)38(39,40)41/h2-3,6-9,12-19,22,28-29,36,42,45H,4-5,10-11,20-21,23H2,1H3,(H,43,46)/t28-,36+/m1/s1. The van der Waals surface area contributed by atoms with E-state index in [2.05, 4.69) is 10.6 Å². The van der Waals surface area contributed by atoms with Crippen molar-refractivity contribution in [2.24, 2.45) is 5.92 Å². The highest BCUT2D eigenvalue weighted by atomic mass is 19.4. The van der Waals surface area contributed by atoms with Gasteiger partial charge in [0.15, 0.2) is 0 Å². The molecule has 9 heteroatoms. The highest BCUT2D eigenvalue weighted by Gasteiger charge is 2.40. The number of nitrogens with zero attached hydrogens (tertiary/aromatic N) is 1. The number of carbonyl (C=O) groups is 2. The molecule has 6 rings (SSSR count). The van der Waals surface area contributed by atoms with E-state index < -0.39 is 30.3 Å². The Bertz CT molecular complexity index is 1750. The number of alkyl halides is 3. The van der Waals surface area contributed by atoms with Crippen LogP contribution in [0.2, 0.25) is 0 Å². The molecule has 1 aliphatic heterocycles. The van der Waals surface area contributed by atoms with Crippen LogP contribution in [-0.4, -0.2) is 23.0 Å². The predicted octanol–water partition coefficient (Wildman–Crippen LogP) is 8.45. The first-order valence-electron chi connectivity index (χ1n) is 16.1. The molecule has 2 aliphatic rings. The second-order valence-corrected chi connectivity index (χ2v) is 12.6. The molecule has 0 aromatic heterocycles. The molecule has 0 spiro atoms. The number of hydrogen-bond acceptors (Lipinski definition) is 4. The minimum atomic E-state index is -4.69. The number of amides is 2. The summed E-state index contributed by atoms with van der Waals surface area (Å²) in [6, 6.07) is 26.4. The Labute approximate surface area is 272 Å². The zero-order valence-corrected chi connectivity index (χ0v) is 26.2. The zero-order valence-electron chi connectivity index (χ0n) is 26.2. The van der Waals surface area contributed by atoms with Crippen LogP contribution in [0.4, 0.5) is 30.2 Å². The molecule has 1 heterocycles. The van der Waals surface area contributed by atoms with Crippen LogP contribution < -0.4 is 15.5 Å². The number of benzene rings is 4. The summed E-state index contributed by atoms with van der Waals surface area (Å²) in [5.74, 6) is -1.04. The number of carbonyl (C=O) groups excluding carboxylic acids is 2. The second-order valence-electron chi connectivity index (χ2n) is 12.6. The Hall–Kier alpha value is -4.63. The van der Waals surface area contributed by atoms with E-state index >= 15 is 0 Å². The third-order valence-electron chi connectivity index (χ3n) is 9.35. The van der Waals surface area contributed by atoms with Gasteiger partial charge in [-0.1, -0.05) is 67.4 Å². The second kappa shape index (κ2) is 13.6. The SMILES string of the molecule is Cc1ccccc1C(=O)N1c2ccccc2C[C@H](CC(=O)Nc2ccc(CO)c(C(F)(F)F)c2)[C@@H]1c1ccc(NC2CCCC2)cc1. The topological polar surface area (TPSA) is 81.7 Å². The van der Waals surface area contributed by atoms with E-state index in [9.17, 15) is 27.9 Å². The summed E-state index contributed by atoms with van der Waals surface area (Å²) in [6.07, 6.45) is 0.438. The van der Waals surface area contributed by atoms with Gasteiger partial charge in [0.1, 0.15) is 0 Å². The molecule has 1 aliphatic carbocycles. The lowest BCUT2D eigenvalue weighted by Crippen LogP contribution is -2.44. The number of aliphatic hydroxyl groups excluding tert-OH is 1. The summed E-state index contributed by atoms with van der Waals surface area (Å²) >= 11 is 0. The summed E-state index contributed by atoms with van der Waals surface area (Å²) in [4.78, 5) is 29.8. The van der Waals surface area contributed by atoms with Crippen molar-refractivity contribution in [2.75, 3.05) is 15.5 Å². The van der Waals surface area contributed by atoms with Crippen molar-refractivity contribution in [3.63, 3.8) is 0 Å². The molecule has 244 valence electrons. The molecule has 4 aromatic rings. The van der Waals surface area contributed by atoms with E-state index in [1.54, 1.807) is 11.0 Å². The molecular weight excluding hydrogens is 603 g/mol. The molecular formula is C38H38F3N3O3. The first-order valence-corrected chi connectivity index (χ1v) is 16.1. The van der Waals surface area contributed by atoms with E-state index in [1.807, 2.05) is 73.7 Å². The molecule has 1 fully saturated rings. The molecule has 4 aromatic carbocycles. The summed E-state index contributed by atoms with van der Waals surface area (Å²) in [6.45, 7) is 1.12. The van der Waals surface area contributed by atoms with Crippen LogP contribution in [0.15, 0.2) is 91.0 Å². The van der Waals surface area contributed by atoms with Gasteiger partial charge in [0.2, 0.25) is 5.91 Å². The molecule has 2 amide bonds. The highest BCUT2D eigenvalue weighted by Crippen LogP contribution is 2.45. The van der Waals surface area contributed by atoms with Gasteiger partial charge in [0.25, 0.3) is 5.91 Å². The van der Waals surface area contributed by atoms with Crippen LogP contribution in [0.5, 0.6) is 0 Å². The molecule has 0 saturated heterocycles. The van der Waals surface area contributed by atoms with Gasteiger partial charge in [0.05, 0.1) is 18.2 Å². The number of hydrogen-bond donors (Lipinski definition) is 3. The molecule has 3 N–H and O–H groups in total. The van der Waals surface area contributed by atoms with Crippen molar-refractivity contribution in [1.29, 1.82) is 0 Å². The third kappa shape index (κ3) is 7.05. The lowest BCUT2D eigenvalue weighted by molar-refractivity contribution is -0.138. The zero-order chi connectivity index (χ0) is 33.1. The summed E-state index contributed by atoms with van der Waals surface area (Å²) in [5, 5.41) is 15.7. The van der Waals surface area contributed by atoms with Crippen molar-refractivity contribution in [2.45, 2.75) is 70.3 Å². The quantitative estimate of drug-likeness (QED) is 0.180. The van der Waals surface area contributed by atoms with Gasteiger partial charge in [0, 0.05) is 35.1 Å². The van der Waals surface area contributed by atoms with Crippen molar-refractivity contribution < 1.29 is 27.9 Å². The van der Waals surface area contributed by atoms with Gasteiger partial charge in [-0.15, -0.1) is 0 Å². The Kier molecular flexibility index (Phi) is 9.36. The Morgan fingerprint density at radius 3 is 2.28 bits per heavy atom. The Morgan fingerprint density at radius 2 is 1.57 bits per heavy atom. The summed E-state index contributed by atoms with van der Waals surface area (Å²) in [5.41, 5.74) is 3.65. The number of halogens is 3. The van der Waals surface area contributed by atoms with Crippen molar-refractivity contribution in [1.82, 2.24) is 0 Å². The maximum atomic E-state index is 14.5. The van der Waals surface area contributed by atoms with Crippen LogP contribution in [0.25, 0.3) is 0 Å². The minimum absolute atomic E-state index is 0.0116. The van der Waals surface area contributed by atoms with E-state index in [1.165, 1.54) is 25.0 Å². The largest absolute Gasteiger partial charge is 0.416 e.